The first-order valence-electron chi connectivity index (χ1n) is 11.5. The van der Waals surface area contributed by atoms with Gasteiger partial charge < -0.3 is 15.2 Å². The number of hydrogen-bond donors (Lipinski definition) is 2. The Kier molecular flexibility index (Phi) is 6.61. The van der Waals surface area contributed by atoms with Crippen LogP contribution in [0.25, 0.3) is 10.9 Å². The molecule has 1 aliphatic carbocycles. The van der Waals surface area contributed by atoms with Crippen molar-refractivity contribution in [3.63, 3.8) is 0 Å². The maximum absolute atomic E-state index is 12.6. The molecule has 0 saturated heterocycles. The molecule has 0 atom stereocenters. The molecule has 2 aromatic carbocycles. The zero-order valence-corrected chi connectivity index (χ0v) is 20.1. The van der Waals surface area contributed by atoms with Crippen molar-refractivity contribution in [1.82, 2.24) is 15.3 Å². The summed E-state index contributed by atoms with van der Waals surface area (Å²) in [6.45, 7) is 0. The number of hydrogen-bond acceptors (Lipinski definition) is 5. The number of amides is 2. The van der Waals surface area contributed by atoms with Crippen molar-refractivity contribution in [2.75, 3.05) is 10.7 Å². The highest BCUT2D eigenvalue weighted by Gasteiger charge is 2.35. The number of carbonyl (C=O) groups is 2. The number of nitrogens with one attached hydrogen (secondary N) is 2. The van der Waals surface area contributed by atoms with E-state index in [-0.39, 0.29) is 29.5 Å². The lowest BCUT2D eigenvalue weighted by atomic mass is 9.90. The molecule has 0 unspecified atom stereocenters. The number of H-pyrrole nitrogens is 1. The molecule has 0 spiro atoms. The van der Waals surface area contributed by atoms with Crippen LogP contribution in [-0.4, -0.2) is 39.6 Å². The van der Waals surface area contributed by atoms with E-state index in [4.69, 9.17) is 11.6 Å². The lowest BCUT2D eigenvalue weighted by molar-refractivity contribution is -0.122. The Morgan fingerprint density at radius 1 is 1.15 bits per heavy atom. The summed E-state index contributed by atoms with van der Waals surface area (Å²) >= 11 is 7.45. The summed E-state index contributed by atoms with van der Waals surface area (Å²) in [6.07, 6.45) is 4.15. The molecule has 0 bridgehead atoms. The van der Waals surface area contributed by atoms with Gasteiger partial charge in [0, 0.05) is 35.0 Å². The lowest BCUT2D eigenvalue weighted by Gasteiger charge is -2.35. The molecule has 34 heavy (non-hydrogen) atoms. The number of halogens is 1. The van der Waals surface area contributed by atoms with Crippen LogP contribution in [0.1, 0.15) is 37.7 Å². The van der Waals surface area contributed by atoms with Gasteiger partial charge >= 0.3 is 0 Å². The fourth-order valence-electron chi connectivity index (χ4n) is 4.87. The Morgan fingerprint density at radius 2 is 1.94 bits per heavy atom. The van der Waals surface area contributed by atoms with Crippen LogP contribution in [0.3, 0.4) is 0 Å². The fourth-order valence-corrected chi connectivity index (χ4v) is 5.87. The van der Waals surface area contributed by atoms with Crippen LogP contribution in [0, 0.1) is 0 Å². The summed E-state index contributed by atoms with van der Waals surface area (Å²) < 4.78 is 0. The number of para-hydroxylation sites is 1. The van der Waals surface area contributed by atoms with Crippen LogP contribution in [0.15, 0.2) is 52.4 Å². The van der Waals surface area contributed by atoms with Crippen molar-refractivity contribution in [3.8, 4) is 0 Å². The predicted octanol–water partition coefficient (Wildman–Crippen LogP) is 4.08. The number of benzene rings is 2. The average molecular weight is 497 g/mol. The molecule has 9 heteroatoms. The number of fused-ring (bicyclic) bond motifs is 2. The largest absolute Gasteiger partial charge is 0.353 e. The second kappa shape index (κ2) is 9.80. The Bertz CT molecular complexity index is 1300. The third-order valence-corrected chi connectivity index (χ3v) is 7.61. The van der Waals surface area contributed by atoms with Crippen molar-refractivity contribution in [1.29, 1.82) is 0 Å². The van der Waals surface area contributed by atoms with Crippen LogP contribution >= 0.6 is 23.4 Å². The number of carbonyl (C=O) groups excluding carboxylic acids is 2. The smallest absolute Gasteiger partial charge is 0.259 e. The molecule has 0 radical (unpaired) electrons. The highest BCUT2D eigenvalue weighted by atomic mass is 35.5. The predicted molar refractivity (Wildman–Crippen MR) is 135 cm³/mol. The first-order valence-corrected chi connectivity index (χ1v) is 12.9. The zero-order chi connectivity index (χ0) is 23.7. The third kappa shape index (κ3) is 4.83. The van der Waals surface area contributed by atoms with E-state index in [9.17, 15) is 14.4 Å². The van der Waals surface area contributed by atoms with Gasteiger partial charge in [0.25, 0.3) is 5.56 Å². The minimum absolute atomic E-state index is 0.00341. The SMILES string of the molecule is O=C(CCSc1nc2ccccc2c(=O)[nH]1)NC1CCC(N2C(=O)Cc3cc(Cl)ccc32)CC1. The molecule has 2 heterocycles. The van der Waals surface area contributed by atoms with Crippen molar-refractivity contribution in [2.24, 2.45) is 0 Å². The molecule has 2 amide bonds. The fraction of sp³-hybridized carbons (Fsp3) is 0.360. The number of aromatic amines is 1. The molecule has 176 valence electrons. The van der Waals surface area contributed by atoms with Crippen molar-refractivity contribution >= 4 is 51.8 Å². The van der Waals surface area contributed by atoms with Gasteiger partial charge in [-0.3, -0.25) is 14.4 Å². The number of aromatic nitrogens is 2. The molecular formula is C25H25ClN4O3S. The molecule has 1 fully saturated rings. The minimum Gasteiger partial charge on any atom is -0.353 e. The van der Waals surface area contributed by atoms with E-state index in [2.05, 4.69) is 15.3 Å². The van der Waals surface area contributed by atoms with Crippen LogP contribution in [-0.2, 0) is 16.0 Å². The van der Waals surface area contributed by atoms with Crippen LogP contribution in [0.4, 0.5) is 5.69 Å². The second-order valence-corrected chi connectivity index (χ2v) is 10.3. The lowest BCUT2D eigenvalue weighted by Crippen LogP contribution is -2.45. The van der Waals surface area contributed by atoms with Gasteiger partial charge in [0.1, 0.15) is 0 Å². The first kappa shape index (κ1) is 22.9. The molecule has 2 N–H and O–H groups in total. The van der Waals surface area contributed by atoms with Crippen LogP contribution in [0.5, 0.6) is 0 Å². The Labute approximate surface area is 206 Å². The number of nitrogens with zero attached hydrogens (tertiary/aromatic N) is 2. The van der Waals surface area contributed by atoms with E-state index in [0.29, 0.717) is 39.7 Å². The monoisotopic (exact) mass is 496 g/mol. The molecular weight excluding hydrogens is 472 g/mol. The standard InChI is InChI=1S/C25H25ClN4O3S/c26-16-5-10-21-15(13-16)14-23(32)30(21)18-8-6-17(7-9-18)27-22(31)11-12-34-25-28-20-4-2-1-3-19(20)24(33)29-25/h1-5,10,13,17-18H,6-9,11-12,14H2,(H,27,31)(H,28,29,33). The second-order valence-electron chi connectivity index (χ2n) is 8.77. The van der Waals surface area contributed by atoms with Gasteiger partial charge in [-0.15, -0.1) is 0 Å². The Hall–Kier alpha value is -2.84. The van der Waals surface area contributed by atoms with Gasteiger partial charge in [0.05, 0.1) is 17.3 Å². The van der Waals surface area contributed by atoms with E-state index < -0.39 is 0 Å². The Balaban J connectivity index is 1.10. The molecule has 7 nitrogen and oxygen atoms in total. The highest BCUT2D eigenvalue weighted by molar-refractivity contribution is 7.99. The average Bonchev–Trinajstić information content (AvgIpc) is 3.14. The quantitative estimate of drug-likeness (QED) is 0.396. The third-order valence-electron chi connectivity index (χ3n) is 6.50. The van der Waals surface area contributed by atoms with Gasteiger partial charge in [0.15, 0.2) is 5.16 Å². The summed E-state index contributed by atoms with van der Waals surface area (Å²) in [5, 5.41) is 4.86. The van der Waals surface area contributed by atoms with Crippen LogP contribution in [0.2, 0.25) is 5.02 Å². The van der Waals surface area contributed by atoms with Crippen LogP contribution < -0.4 is 15.8 Å². The van der Waals surface area contributed by atoms with Crippen molar-refractivity contribution < 1.29 is 9.59 Å². The molecule has 1 aliphatic heterocycles. The number of anilines is 1. The normalized spacial score (nSPS) is 19.9. The highest BCUT2D eigenvalue weighted by Crippen LogP contribution is 2.36. The summed E-state index contributed by atoms with van der Waals surface area (Å²) in [7, 11) is 0. The van der Waals surface area contributed by atoms with E-state index >= 15 is 0 Å². The molecule has 1 saturated carbocycles. The molecule has 5 rings (SSSR count). The topological polar surface area (TPSA) is 95.2 Å². The minimum atomic E-state index is -0.170. The van der Waals surface area contributed by atoms with Gasteiger partial charge in [-0.05, 0) is 61.6 Å². The summed E-state index contributed by atoms with van der Waals surface area (Å²) in [5.41, 5.74) is 2.45. The van der Waals surface area contributed by atoms with Gasteiger partial charge in [-0.25, -0.2) is 4.98 Å². The first-order chi connectivity index (χ1) is 16.5. The number of thioether (sulfide) groups is 1. The van der Waals surface area contributed by atoms with Gasteiger partial charge in [-0.2, -0.15) is 0 Å². The zero-order valence-electron chi connectivity index (χ0n) is 18.6. The molecule has 2 aliphatic rings. The molecule has 1 aromatic heterocycles. The summed E-state index contributed by atoms with van der Waals surface area (Å²) in [5.74, 6) is 0.655. The van der Waals surface area contributed by atoms with E-state index in [1.807, 2.05) is 35.2 Å². The van der Waals surface area contributed by atoms with Gasteiger partial charge in [-0.1, -0.05) is 35.5 Å². The maximum atomic E-state index is 12.6. The van der Waals surface area contributed by atoms with Crippen molar-refractivity contribution in [2.45, 2.75) is 55.8 Å². The van der Waals surface area contributed by atoms with Gasteiger partial charge in [0.2, 0.25) is 11.8 Å². The van der Waals surface area contributed by atoms with Crippen molar-refractivity contribution in [3.05, 3.63) is 63.4 Å². The van der Waals surface area contributed by atoms with E-state index in [1.165, 1.54) is 11.8 Å². The van der Waals surface area contributed by atoms with E-state index in [1.54, 1.807) is 12.1 Å². The summed E-state index contributed by atoms with van der Waals surface area (Å²) in [4.78, 5) is 46.4. The Morgan fingerprint density at radius 3 is 2.76 bits per heavy atom. The van der Waals surface area contributed by atoms with E-state index in [0.717, 1.165) is 36.9 Å². The maximum Gasteiger partial charge on any atom is 0.259 e. The number of rotatable bonds is 6. The molecule has 3 aromatic rings. The summed E-state index contributed by atoms with van der Waals surface area (Å²) in [6, 6.07) is 13.1.